The number of carboxylic acids is 1. The van der Waals surface area contributed by atoms with Crippen LogP contribution in [0.1, 0.15) is 29.8 Å². The molecule has 116 valence electrons. The summed E-state index contributed by atoms with van der Waals surface area (Å²) in [7, 11) is -3.64. The van der Waals surface area contributed by atoms with Crippen molar-refractivity contribution in [1.29, 1.82) is 0 Å². The molecule has 2 rings (SSSR count). The molecule has 1 saturated heterocycles. The molecule has 1 atom stereocenters. The monoisotopic (exact) mass is 329 g/mol. The van der Waals surface area contributed by atoms with E-state index in [0.717, 1.165) is 11.5 Å². The topological polar surface area (TPSA) is 74.7 Å². The molecule has 0 saturated carbocycles. The molecule has 1 unspecified atom stereocenters. The second-order valence-corrected chi connectivity index (χ2v) is 8.06. The minimum absolute atomic E-state index is 0.0656. The standard InChI is InChI=1S/C14H19NO4S2/c1-3-11-4-5-12(8-13(11)14(16)17)21(18,19)15-6-7-20-9-10(15)2/h4-5,8,10H,3,6-7,9H2,1-2H3,(H,16,17). The Hall–Kier alpha value is -1.05. The summed E-state index contributed by atoms with van der Waals surface area (Å²) >= 11 is 1.73. The van der Waals surface area contributed by atoms with Gasteiger partial charge in [0.25, 0.3) is 0 Å². The molecule has 1 aliphatic heterocycles. The van der Waals surface area contributed by atoms with E-state index in [1.54, 1.807) is 17.8 Å². The number of aryl methyl sites for hydroxylation is 1. The molecule has 21 heavy (non-hydrogen) atoms. The first-order chi connectivity index (χ1) is 9.87. The second kappa shape index (κ2) is 6.37. The van der Waals surface area contributed by atoms with Crippen molar-refractivity contribution in [2.45, 2.75) is 31.2 Å². The number of carboxylic acid groups (broad SMARTS) is 1. The normalized spacial score (nSPS) is 20.4. The van der Waals surface area contributed by atoms with Crippen LogP contribution in [0, 0.1) is 0 Å². The molecule has 0 aromatic heterocycles. The van der Waals surface area contributed by atoms with Gasteiger partial charge in [0.05, 0.1) is 10.5 Å². The third kappa shape index (κ3) is 3.25. The molecular weight excluding hydrogens is 310 g/mol. The summed E-state index contributed by atoms with van der Waals surface area (Å²) in [6.45, 7) is 4.19. The highest BCUT2D eigenvalue weighted by atomic mass is 32.2. The zero-order valence-corrected chi connectivity index (χ0v) is 13.7. The van der Waals surface area contributed by atoms with E-state index in [0.29, 0.717) is 18.5 Å². The average molecular weight is 329 g/mol. The fourth-order valence-corrected chi connectivity index (χ4v) is 5.31. The highest BCUT2D eigenvalue weighted by Crippen LogP contribution is 2.26. The molecule has 7 heteroatoms. The zero-order chi connectivity index (χ0) is 15.6. The number of thioether (sulfide) groups is 1. The highest BCUT2D eigenvalue weighted by molar-refractivity contribution is 7.99. The van der Waals surface area contributed by atoms with Crippen LogP contribution < -0.4 is 0 Å². The van der Waals surface area contributed by atoms with Crippen molar-refractivity contribution in [1.82, 2.24) is 4.31 Å². The summed E-state index contributed by atoms with van der Waals surface area (Å²) in [5.74, 6) is 0.437. The molecule has 0 spiro atoms. The van der Waals surface area contributed by atoms with Crippen LogP contribution in [0.5, 0.6) is 0 Å². The maximum absolute atomic E-state index is 12.7. The molecular formula is C14H19NO4S2. The van der Waals surface area contributed by atoms with Crippen molar-refractivity contribution >= 4 is 27.8 Å². The molecule has 0 bridgehead atoms. The van der Waals surface area contributed by atoms with Crippen molar-refractivity contribution in [2.75, 3.05) is 18.1 Å². The minimum Gasteiger partial charge on any atom is -0.478 e. The Morgan fingerprint density at radius 3 is 2.76 bits per heavy atom. The third-order valence-electron chi connectivity index (χ3n) is 3.61. The minimum atomic E-state index is -3.64. The summed E-state index contributed by atoms with van der Waals surface area (Å²) in [4.78, 5) is 11.4. The van der Waals surface area contributed by atoms with Crippen LogP contribution in [-0.4, -0.2) is 47.9 Å². The van der Waals surface area contributed by atoms with E-state index in [4.69, 9.17) is 0 Å². The van der Waals surface area contributed by atoms with E-state index in [1.807, 2.05) is 13.8 Å². The Balaban J connectivity index is 2.45. The van der Waals surface area contributed by atoms with Crippen LogP contribution in [0.2, 0.25) is 0 Å². The van der Waals surface area contributed by atoms with Crippen LogP contribution in [0.3, 0.4) is 0 Å². The Morgan fingerprint density at radius 1 is 1.48 bits per heavy atom. The largest absolute Gasteiger partial charge is 0.478 e. The van der Waals surface area contributed by atoms with E-state index < -0.39 is 16.0 Å². The van der Waals surface area contributed by atoms with Gasteiger partial charge >= 0.3 is 5.97 Å². The van der Waals surface area contributed by atoms with E-state index in [1.165, 1.54) is 16.4 Å². The van der Waals surface area contributed by atoms with Crippen LogP contribution in [0.4, 0.5) is 0 Å². The van der Waals surface area contributed by atoms with Gasteiger partial charge in [0.15, 0.2) is 0 Å². The first-order valence-corrected chi connectivity index (χ1v) is 9.43. The van der Waals surface area contributed by atoms with Gasteiger partial charge in [-0.15, -0.1) is 0 Å². The fraction of sp³-hybridized carbons (Fsp3) is 0.500. The predicted molar refractivity (Wildman–Crippen MR) is 83.5 cm³/mol. The fourth-order valence-electron chi connectivity index (χ4n) is 2.43. The van der Waals surface area contributed by atoms with E-state index in [2.05, 4.69) is 0 Å². The Labute approximate surface area is 129 Å². The number of aromatic carboxylic acids is 1. The summed E-state index contributed by atoms with van der Waals surface area (Å²) < 4.78 is 26.9. The first-order valence-electron chi connectivity index (χ1n) is 6.83. The maximum atomic E-state index is 12.7. The Kier molecular flexibility index (Phi) is 4.95. The van der Waals surface area contributed by atoms with Crippen molar-refractivity contribution < 1.29 is 18.3 Å². The molecule has 1 aromatic rings. The zero-order valence-electron chi connectivity index (χ0n) is 12.1. The lowest BCUT2D eigenvalue weighted by Gasteiger charge is -2.32. The van der Waals surface area contributed by atoms with Gasteiger partial charge < -0.3 is 5.11 Å². The smallest absolute Gasteiger partial charge is 0.336 e. The van der Waals surface area contributed by atoms with Crippen LogP contribution in [0.25, 0.3) is 0 Å². The molecule has 1 aliphatic rings. The number of carbonyl (C=O) groups is 1. The van der Waals surface area contributed by atoms with Crippen molar-refractivity contribution in [3.05, 3.63) is 29.3 Å². The van der Waals surface area contributed by atoms with Gasteiger partial charge in [-0.25, -0.2) is 13.2 Å². The Bertz CT molecular complexity index is 642. The molecule has 1 aromatic carbocycles. The number of nitrogens with zero attached hydrogens (tertiary/aromatic N) is 1. The molecule has 0 amide bonds. The predicted octanol–water partition coefficient (Wildman–Crippen LogP) is 2.07. The third-order valence-corrected chi connectivity index (χ3v) is 6.80. The average Bonchev–Trinajstić information content (AvgIpc) is 2.46. The lowest BCUT2D eigenvalue weighted by molar-refractivity contribution is 0.0695. The summed E-state index contributed by atoms with van der Waals surface area (Å²) in [6.07, 6.45) is 0.554. The molecule has 0 radical (unpaired) electrons. The van der Waals surface area contributed by atoms with Crippen LogP contribution in [-0.2, 0) is 16.4 Å². The van der Waals surface area contributed by atoms with Crippen LogP contribution >= 0.6 is 11.8 Å². The highest BCUT2D eigenvalue weighted by Gasteiger charge is 2.31. The quantitative estimate of drug-likeness (QED) is 0.915. The van der Waals surface area contributed by atoms with Gasteiger partial charge in [-0.05, 0) is 31.0 Å². The number of sulfonamides is 1. The summed E-state index contributed by atoms with van der Waals surface area (Å²) in [5, 5.41) is 9.24. The van der Waals surface area contributed by atoms with E-state index in [9.17, 15) is 18.3 Å². The molecule has 0 aliphatic carbocycles. The lowest BCUT2D eigenvalue weighted by atomic mass is 10.1. The van der Waals surface area contributed by atoms with Crippen LogP contribution in [0.15, 0.2) is 23.1 Å². The number of benzene rings is 1. The second-order valence-electron chi connectivity index (χ2n) is 5.02. The SMILES string of the molecule is CCc1ccc(S(=O)(=O)N2CCSCC2C)cc1C(=O)O. The first kappa shape index (κ1) is 16.3. The van der Waals surface area contributed by atoms with Gasteiger partial charge in [-0.1, -0.05) is 13.0 Å². The van der Waals surface area contributed by atoms with E-state index in [-0.39, 0.29) is 16.5 Å². The van der Waals surface area contributed by atoms with Crippen molar-refractivity contribution in [2.24, 2.45) is 0 Å². The number of hydrogen-bond acceptors (Lipinski definition) is 4. The van der Waals surface area contributed by atoms with Gasteiger partial charge in [-0.3, -0.25) is 0 Å². The molecule has 5 nitrogen and oxygen atoms in total. The Morgan fingerprint density at radius 2 is 2.19 bits per heavy atom. The number of hydrogen-bond donors (Lipinski definition) is 1. The van der Waals surface area contributed by atoms with E-state index >= 15 is 0 Å². The van der Waals surface area contributed by atoms with Gasteiger partial charge in [0, 0.05) is 24.1 Å². The molecule has 1 N–H and O–H groups in total. The van der Waals surface area contributed by atoms with Gasteiger partial charge in [0.2, 0.25) is 10.0 Å². The van der Waals surface area contributed by atoms with Gasteiger partial charge in [0.1, 0.15) is 0 Å². The maximum Gasteiger partial charge on any atom is 0.336 e. The van der Waals surface area contributed by atoms with Crippen molar-refractivity contribution in [3.63, 3.8) is 0 Å². The number of rotatable bonds is 4. The molecule has 1 fully saturated rings. The summed E-state index contributed by atoms with van der Waals surface area (Å²) in [5.41, 5.74) is 0.710. The van der Waals surface area contributed by atoms with Crippen molar-refractivity contribution in [3.8, 4) is 0 Å². The molecule has 1 heterocycles. The lowest BCUT2D eigenvalue weighted by Crippen LogP contribution is -2.44. The van der Waals surface area contributed by atoms with Gasteiger partial charge in [-0.2, -0.15) is 16.1 Å². The summed E-state index contributed by atoms with van der Waals surface area (Å²) in [6, 6.07) is 4.31.